The summed E-state index contributed by atoms with van der Waals surface area (Å²) in [5, 5.41) is 3.65. The number of likely N-dealkylation sites (N-methyl/N-ethyl adjacent to an activating group) is 1. The number of halogens is 3. The molecule has 0 radical (unpaired) electrons. The van der Waals surface area contributed by atoms with Gasteiger partial charge in [-0.1, -0.05) is 33.6 Å². The summed E-state index contributed by atoms with van der Waals surface area (Å²) >= 11 is 9.69. The first-order valence-electron chi connectivity index (χ1n) is 6.49. The monoisotopic (exact) mass is 371 g/mol. The number of benzene rings is 2. The molecule has 0 amide bonds. The fourth-order valence-corrected chi connectivity index (χ4v) is 2.91. The molecule has 0 aliphatic carbocycles. The van der Waals surface area contributed by atoms with Crippen LogP contribution < -0.4 is 10.1 Å². The zero-order chi connectivity index (χ0) is 15.4. The molecular weight excluding hydrogens is 357 g/mol. The highest BCUT2D eigenvalue weighted by Gasteiger charge is 2.16. The summed E-state index contributed by atoms with van der Waals surface area (Å²) in [6.07, 6.45) is 0.708. The number of rotatable bonds is 5. The van der Waals surface area contributed by atoms with Crippen LogP contribution in [0.5, 0.6) is 5.75 Å². The van der Waals surface area contributed by atoms with E-state index >= 15 is 0 Å². The predicted octanol–water partition coefficient (Wildman–Crippen LogP) is 4.75. The molecule has 112 valence electrons. The van der Waals surface area contributed by atoms with Crippen LogP contribution in [0.4, 0.5) is 4.39 Å². The molecule has 0 fully saturated rings. The van der Waals surface area contributed by atoms with Crippen molar-refractivity contribution in [1.82, 2.24) is 5.32 Å². The lowest BCUT2D eigenvalue weighted by Crippen LogP contribution is -2.19. The van der Waals surface area contributed by atoms with Crippen LogP contribution in [0.1, 0.15) is 17.2 Å². The quantitative estimate of drug-likeness (QED) is 0.817. The molecule has 0 heterocycles. The highest BCUT2D eigenvalue weighted by Crippen LogP contribution is 2.30. The molecule has 0 spiro atoms. The minimum Gasteiger partial charge on any atom is -0.497 e. The maximum Gasteiger partial charge on any atom is 0.124 e. The Balaban J connectivity index is 2.30. The molecule has 1 atom stereocenters. The van der Waals surface area contributed by atoms with Gasteiger partial charge in [0.25, 0.3) is 0 Å². The lowest BCUT2D eigenvalue weighted by molar-refractivity contribution is 0.414. The lowest BCUT2D eigenvalue weighted by atomic mass is 9.98. The van der Waals surface area contributed by atoms with Crippen LogP contribution in [-0.4, -0.2) is 14.2 Å². The Kier molecular flexibility index (Phi) is 5.62. The summed E-state index contributed by atoms with van der Waals surface area (Å²) in [5.74, 6) is 0.467. The van der Waals surface area contributed by atoms with E-state index in [-0.39, 0.29) is 11.9 Å². The molecule has 1 N–H and O–H groups in total. The fourth-order valence-electron chi connectivity index (χ4n) is 2.21. The van der Waals surface area contributed by atoms with E-state index in [9.17, 15) is 4.39 Å². The van der Waals surface area contributed by atoms with Crippen molar-refractivity contribution in [1.29, 1.82) is 0 Å². The molecule has 21 heavy (non-hydrogen) atoms. The van der Waals surface area contributed by atoms with Crippen molar-refractivity contribution in [2.75, 3.05) is 14.2 Å². The van der Waals surface area contributed by atoms with Gasteiger partial charge < -0.3 is 10.1 Å². The van der Waals surface area contributed by atoms with Gasteiger partial charge in [0, 0.05) is 15.5 Å². The summed E-state index contributed by atoms with van der Waals surface area (Å²) in [6.45, 7) is 0. The van der Waals surface area contributed by atoms with E-state index in [0.717, 1.165) is 21.3 Å². The number of methoxy groups -OCH3 is 1. The SMILES string of the molecule is CNC(Cc1cc(OC)ccc1Br)c1ccc(F)cc1Cl. The minimum atomic E-state index is -0.332. The Bertz CT molecular complexity index is 636. The Morgan fingerprint density at radius 3 is 2.67 bits per heavy atom. The molecule has 0 saturated carbocycles. The van der Waals surface area contributed by atoms with Gasteiger partial charge in [-0.05, 0) is 54.9 Å². The second kappa shape index (κ2) is 7.25. The molecule has 0 aliphatic heterocycles. The van der Waals surface area contributed by atoms with E-state index in [1.54, 1.807) is 13.2 Å². The van der Waals surface area contributed by atoms with Gasteiger partial charge in [-0.15, -0.1) is 0 Å². The summed E-state index contributed by atoms with van der Waals surface area (Å²) < 4.78 is 19.4. The van der Waals surface area contributed by atoms with Gasteiger partial charge in [0.15, 0.2) is 0 Å². The molecule has 1 unspecified atom stereocenters. The third kappa shape index (κ3) is 3.96. The highest BCUT2D eigenvalue weighted by atomic mass is 79.9. The van der Waals surface area contributed by atoms with Crippen molar-refractivity contribution in [3.05, 3.63) is 62.8 Å². The van der Waals surface area contributed by atoms with Crippen molar-refractivity contribution in [2.45, 2.75) is 12.5 Å². The van der Waals surface area contributed by atoms with Crippen molar-refractivity contribution in [2.24, 2.45) is 0 Å². The van der Waals surface area contributed by atoms with Crippen molar-refractivity contribution in [3.8, 4) is 5.75 Å². The largest absolute Gasteiger partial charge is 0.497 e. The maximum absolute atomic E-state index is 13.2. The number of hydrogen-bond acceptors (Lipinski definition) is 2. The summed E-state index contributed by atoms with van der Waals surface area (Å²) in [4.78, 5) is 0. The average Bonchev–Trinajstić information content (AvgIpc) is 2.47. The van der Waals surface area contributed by atoms with E-state index in [0.29, 0.717) is 11.4 Å². The second-order valence-corrected chi connectivity index (χ2v) is 5.93. The van der Waals surface area contributed by atoms with Crippen LogP contribution in [0.2, 0.25) is 5.02 Å². The van der Waals surface area contributed by atoms with Gasteiger partial charge in [0.05, 0.1) is 7.11 Å². The first-order valence-corrected chi connectivity index (χ1v) is 7.67. The Morgan fingerprint density at radius 2 is 2.05 bits per heavy atom. The van der Waals surface area contributed by atoms with Gasteiger partial charge in [0.2, 0.25) is 0 Å². The van der Waals surface area contributed by atoms with Crippen LogP contribution in [0.15, 0.2) is 40.9 Å². The molecule has 2 nitrogen and oxygen atoms in total. The summed E-state index contributed by atoms with van der Waals surface area (Å²) in [5.41, 5.74) is 1.96. The molecule has 2 aromatic carbocycles. The standard InChI is InChI=1S/C16H16BrClFNO/c1-20-16(13-5-3-11(19)9-15(13)18)8-10-7-12(21-2)4-6-14(10)17/h3-7,9,16,20H,8H2,1-2H3. The van der Waals surface area contributed by atoms with Crippen molar-refractivity contribution >= 4 is 27.5 Å². The minimum absolute atomic E-state index is 0.0125. The number of ether oxygens (including phenoxy) is 1. The molecule has 0 aromatic heterocycles. The van der Waals surface area contributed by atoms with Gasteiger partial charge in [-0.3, -0.25) is 0 Å². The summed E-state index contributed by atoms with van der Waals surface area (Å²) in [6, 6.07) is 10.3. The molecule has 0 saturated heterocycles. The number of hydrogen-bond donors (Lipinski definition) is 1. The Labute approximate surface area is 137 Å². The molecule has 5 heteroatoms. The lowest BCUT2D eigenvalue weighted by Gasteiger charge is -2.19. The summed E-state index contributed by atoms with van der Waals surface area (Å²) in [7, 11) is 3.50. The Hall–Kier alpha value is -1.10. The fraction of sp³-hybridized carbons (Fsp3) is 0.250. The first kappa shape index (κ1) is 16.3. The molecule has 0 aliphatic rings. The normalized spacial score (nSPS) is 12.2. The van der Waals surface area contributed by atoms with Crippen LogP contribution in [0.25, 0.3) is 0 Å². The topological polar surface area (TPSA) is 21.3 Å². The maximum atomic E-state index is 13.2. The Morgan fingerprint density at radius 1 is 1.29 bits per heavy atom. The van der Waals surface area contributed by atoms with Gasteiger partial charge in [-0.25, -0.2) is 4.39 Å². The van der Waals surface area contributed by atoms with E-state index < -0.39 is 0 Å². The van der Waals surface area contributed by atoms with Gasteiger partial charge in [0.1, 0.15) is 11.6 Å². The van der Waals surface area contributed by atoms with Crippen LogP contribution in [-0.2, 0) is 6.42 Å². The van der Waals surface area contributed by atoms with E-state index in [1.807, 2.05) is 25.2 Å². The third-order valence-electron chi connectivity index (χ3n) is 3.36. The average molecular weight is 373 g/mol. The van der Waals surface area contributed by atoms with E-state index in [1.165, 1.54) is 12.1 Å². The first-order chi connectivity index (χ1) is 10.0. The van der Waals surface area contributed by atoms with Crippen LogP contribution in [0.3, 0.4) is 0 Å². The van der Waals surface area contributed by atoms with Gasteiger partial charge >= 0.3 is 0 Å². The second-order valence-electron chi connectivity index (χ2n) is 4.67. The van der Waals surface area contributed by atoms with E-state index in [2.05, 4.69) is 21.2 Å². The van der Waals surface area contributed by atoms with Crippen molar-refractivity contribution in [3.63, 3.8) is 0 Å². The zero-order valence-electron chi connectivity index (χ0n) is 11.8. The van der Waals surface area contributed by atoms with Crippen LogP contribution >= 0.6 is 27.5 Å². The van der Waals surface area contributed by atoms with E-state index in [4.69, 9.17) is 16.3 Å². The molecule has 0 bridgehead atoms. The molecular formula is C16H16BrClFNO. The zero-order valence-corrected chi connectivity index (χ0v) is 14.1. The van der Waals surface area contributed by atoms with Gasteiger partial charge in [-0.2, -0.15) is 0 Å². The van der Waals surface area contributed by atoms with Crippen molar-refractivity contribution < 1.29 is 9.13 Å². The smallest absolute Gasteiger partial charge is 0.124 e. The highest BCUT2D eigenvalue weighted by molar-refractivity contribution is 9.10. The third-order valence-corrected chi connectivity index (χ3v) is 4.46. The molecule has 2 rings (SSSR count). The van der Waals surface area contributed by atoms with Crippen LogP contribution in [0, 0.1) is 5.82 Å². The molecule has 2 aromatic rings. The predicted molar refractivity (Wildman–Crippen MR) is 87.6 cm³/mol. The number of nitrogens with one attached hydrogen (secondary N) is 1.